The van der Waals surface area contributed by atoms with E-state index in [1.54, 1.807) is 31.3 Å². The molecule has 18 heavy (non-hydrogen) atoms. The lowest BCUT2D eigenvalue weighted by Crippen LogP contribution is -1.95. The third kappa shape index (κ3) is 2.65. The Hall–Kier alpha value is -1.95. The van der Waals surface area contributed by atoms with E-state index in [1.165, 1.54) is 11.8 Å². The Labute approximate surface area is 108 Å². The lowest BCUT2D eigenvalue weighted by atomic mass is 10.3. The third-order valence-corrected chi connectivity index (χ3v) is 3.36. The van der Waals surface area contributed by atoms with Crippen LogP contribution in [-0.2, 0) is 5.75 Å². The van der Waals surface area contributed by atoms with E-state index in [2.05, 4.69) is 4.98 Å². The topological polar surface area (TPSA) is 89.4 Å². The van der Waals surface area contributed by atoms with Crippen LogP contribution in [0.25, 0.3) is 0 Å². The van der Waals surface area contributed by atoms with Gasteiger partial charge in [0.15, 0.2) is 0 Å². The smallest absolute Gasteiger partial charge is 0.372 e. The predicted molar refractivity (Wildman–Crippen MR) is 68.6 cm³/mol. The molecule has 2 heterocycles. The number of nitrogens with two attached hydrogens (primary N) is 1. The second-order valence-corrected chi connectivity index (χ2v) is 4.68. The molecule has 3 N–H and O–H groups in total. The standard InChI is InChI=1S/C12H12N2O3S/c1-7-5-8(17-10(7)12(15)16)6-18-11-9(13)3-2-4-14-11/h2-5H,6,13H2,1H3,(H,15,16). The van der Waals surface area contributed by atoms with Crippen LogP contribution in [0.4, 0.5) is 5.69 Å². The largest absolute Gasteiger partial charge is 0.475 e. The number of carboxylic acid groups (broad SMARTS) is 1. The molecule has 0 aliphatic heterocycles. The molecule has 5 nitrogen and oxygen atoms in total. The summed E-state index contributed by atoms with van der Waals surface area (Å²) in [5.74, 6) is 0.0237. The van der Waals surface area contributed by atoms with Gasteiger partial charge in [0.1, 0.15) is 10.8 Å². The van der Waals surface area contributed by atoms with Crippen molar-refractivity contribution in [3.8, 4) is 0 Å². The van der Waals surface area contributed by atoms with E-state index in [-0.39, 0.29) is 5.76 Å². The number of pyridine rings is 1. The molecule has 0 unspecified atom stereocenters. The summed E-state index contributed by atoms with van der Waals surface area (Å²) in [6.45, 7) is 1.70. The number of carbonyl (C=O) groups is 1. The van der Waals surface area contributed by atoms with Crippen LogP contribution in [0, 0.1) is 6.92 Å². The van der Waals surface area contributed by atoms with Gasteiger partial charge in [-0.1, -0.05) is 11.8 Å². The van der Waals surface area contributed by atoms with Crippen molar-refractivity contribution in [3.05, 3.63) is 41.5 Å². The minimum absolute atomic E-state index is 0.0143. The highest BCUT2D eigenvalue weighted by atomic mass is 32.2. The van der Waals surface area contributed by atoms with E-state index in [1.807, 2.05) is 0 Å². The highest BCUT2D eigenvalue weighted by molar-refractivity contribution is 7.98. The normalized spacial score (nSPS) is 10.5. The van der Waals surface area contributed by atoms with E-state index in [0.717, 1.165) is 0 Å². The monoisotopic (exact) mass is 264 g/mol. The van der Waals surface area contributed by atoms with E-state index < -0.39 is 5.97 Å². The zero-order chi connectivity index (χ0) is 13.1. The molecule has 2 rings (SSSR count). The molecule has 0 aliphatic rings. The van der Waals surface area contributed by atoms with Crippen molar-refractivity contribution in [1.82, 2.24) is 4.98 Å². The number of rotatable bonds is 4. The zero-order valence-corrected chi connectivity index (χ0v) is 10.5. The molecule has 0 spiro atoms. The van der Waals surface area contributed by atoms with Crippen molar-refractivity contribution >= 4 is 23.4 Å². The average molecular weight is 264 g/mol. The molecule has 6 heteroatoms. The first kappa shape index (κ1) is 12.5. The van der Waals surface area contributed by atoms with Gasteiger partial charge < -0.3 is 15.3 Å². The maximum atomic E-state index is 10.8. The summed E-state index contributed by atoms with van der Waals surface area (Å²) in [4.78, 5) is 15.0. The predicted octanol–water partition coefficient (Wildman–Crippen LogP) is 2.56. The molecular formula is C12H12N2O3S. The van der Waals surface area contributed by atoms with Crippen LogP contribution in [-0.4, -0.2) is 16.1 Å². The lowest BCUT2D eigenvalue weighted by molar-refractivity contribution is 0.0659. The molecule has 2 aromatic heterocycles. The Kier molecular flexibility index (Phi) is 3.57. The Morgan fingerprint density at radius 3 is 3.00 bits per heavy atom. The molecule has 0 aromatic carbocycles. The van der Waals surface area contributed by atoms with E-state index >= 15 is 0 Å². The molecule has 0 saturated carbocycles. The number of nitrogens with zero attached hydrogens (tertiary/aromatic N) is 1. The van der Waals surface area contributed by atoms with Crippen molar-refractivity contribution in [2.45, 2.75) is 17.7 Å². The van der Waals surface area contributed by atoms with Gasteiger partial charge in [0.25, 0.3) is 0 Å². The summed E-state index contributed by atoms with van der Waals surface area (Å²) < 4.78 is 5.25. The van der Waals surface area contributed by atoms with Gasteiger partial charge in [0, 0.05) is 11.8 Å². The summed E-state index contributed by atoms with van der Waals surface area (Å²) in [6.07, 6.45) is 1.66. The molecule has 0 saturated heterocycles. The first-order valence-corrected chi connectivity index (χ1v) is 6.22. The quantitative estimate of drug-likeness (QED) is 0.825. The molecule has 0 atom stereocenters. The fourth-order valence-corrected chi connectivity index (χ4v) is 2.29. The fraction of sp³-hybridized carbons (Fsp3) is 0.167. The summed E-state index contributed by atoms with van der Waals surface area (Å²) in [6, 6.07) is 5.25. The Balaban J connectivity index is 2.09. The first-order valence-electron chi connectivity index (χ1n) is 5.24. The summed E-state index contributed by atoms with van der Waals surface area (Å²) in [5, 5.41) is 9.59. The SMILES string of the molecule is Cc1cc(CSc2ncccc2N)oc1C(=O)O. The van der Waals surface area contributed by atoms with Gasteiger partial charge in [-0.2, -0.15) is 0 Å². The van der Waals surface area contributed by atoms with Gasteiger partial charge in [-0.05, 0) is 25.1 Å². The van der Waals surface area contributed by atoms with Crippen LogP contribution in [0.5, 0.6) is 0 Å². The van der Waals surface area contributed by atoms with Crippen molar-refractivity contribution in [3.63, 3.8) is 0 Å². The average Bonchev–Trinajstić information content (AvgIpc) is 2.70. The number of carboxylic acids is 1. The second-order valence-electron chi connectivity index (χ2n) is 3.72. The molecule has 2 aromatic rings. The highest BCUT2D eigenvalue weighted by Crippen LogP contribution is 2.27. The van der Waals surface area contributed by atoms with Crippen LogP contribution in [0.1, 0.15) is 21.9 Å². The van der Waals surface area contributed by atoms with Gasteiger partial charge in [-0.3, -0.25) is 0 Å². The maximum absolute atomic E-state index is 10.8. The van der Waals surface area contributed by atoms with Gasteiger partial charge in [-0.15, -0.1) is 0 Å². The van der Waals surface area contributed by atoms with Gasteiger partial charge >= 0.3 is 5.97 Å². The fourth-order valence-electron chi connectivity index (χ4n) is 1.49. The maximum Gasteiger partial charge on any atom is 0.372 e. The Morgan fingerprint density at radius 2 is 2.39 bits per heavy atom. The van der Waals surface area contributed by atoms with Crippen molar-refractivity contribution in [2.24, 2.45) is 0 Å². The van der Waals surface area contributed by atoms with Crippen LogP contribution in [0.3, 0.4) is 0 Å². The van der Waals surface area contributed by atoms with Crippen LogP contribution in [0.15, 0.2) is 33.8 Å². The number of aromatic nitrogens is 1. The Bertz CT molecular complexity index is 580. The summed E-state index contributed by atoms with van der Waals surface area (Å²) >= 11 is 1.41. The third-order valence-electron chi connectivity index (χ3n) is 2.31. The van der Waals surface area contributed by atoms with Crippen LogP contribution in [0.2, 0.25) is 0 Å². The van der Waals surface area contributed by atoms with Gasteiger partial charge in [0.05, 0.1) is 11.4 Å². The van der Waals surface area contributed by atoms with Gasteiger partial charge in [-0.25, -0.2) is 9.78 Å². The van der Waals surface area contributed by atoms with Gasteiger partial charge in [0.2, 0.25) is 5.76 Å². The summed E-state index contributed by atoms with van der Waals surface area (Å²) in [7, 11) is 0. The minimum Gasteiger partial charge on any atom is -0.475 e. The number of anilines is 1. The molecule has 0 radical (unpaired) electrons. The minimum atomic E-state index is -1.05. The van der Waals surface area contributed by atoms with E-state index in [4.69, 9.17) is 15.3 Å². The number of aromatic carboxylic acids is 1. The Morgan fingerprint density at radius 1 is 1.61 bits per heavy atom. The van der Waals surface area contributed by atoms with Crippen molar-refractivity contribution in [2.75, 3.05) is 5.73 Å². The molecule has 94 valence electrons. The van der Waals surface area contributed by atoms with E-state index in [9.17, 15) is 4.79 Å². The highest BCUT2D eigenvalue weighted by Gasteiger charge is 2.14. The number of aryl methyl sites for hydroxylation is 1. The first-order chi connectivity index (χ1) is 8.58. The zero-order valence-electron chi connectivity index (χ0n) is 9.71. The molecule has 0 aliphatic carbocycles. The lowest BCUT2D eigenvalue weighted by Gasteiger charge is -2.01. The molecule has 0 fully saturated rings. The molecular weight excluding hydrogens is 252 g/mol. The number of furan rings is 1. The van der Waals surface area contributed by atoms with Crippen molar-refractivity contribution < 1.29 is 14.3 Å². The molecule has 0 amide bonds. The van der Waals surface area contributed by atoms with E-state index in [0.29, 0.717) is 27.8 Å². The van der Waals surface area contributed by atoms with Crippen LogP contribution >= 0.6 is 11.8 Å². The number of thioether (sulfide) groups is 1. The summed E-state index contributed by atoms with van der Waals surface area (Å²) in [5.41, 5.74) is 6.98. The van der Waals surface area contributed by atoms with Crippen molar-refractivity contribution in [1.29, 1.82) is 0 Å². The number of hydrogen-bond donors (Lipinski definition) is 2. The second kappa shape index (κ2) is 5.14. The number of hydrogen-bond acceptors (Lipinski definition) is 5. The number of nitrogen functional groups attached to an aromatic ring is 1. The van der Waals surface area contributed by atoms with Crippen LogP contribution < -0.4 is 5.73 Å². The molecule has 0 bridgehead atoms.